The van der Waals surface area contributed by atoms with Crippen molar-refractivity contribution in [3.05, 3.63) is 53.5 Å². The number of nitrogens with one attached hydrogen (secondary N) is 2. The molecule has 184 valence electrons. The highest BCUT2D eigenvalue weighted by Crippen LogP contribution is 2.33. The van der Waals surface area contributed by atoms with Gasteiger partial charge < -0.3 is 19.6 Å². The molecule has 0 aliphatic heterocycles. The molecule has 0 saturated heterocycles. The van der Waals surface area contributed by atoms with Crippen LogP contribution in [0, 0.1) is 11.7 Å². The van der Waals surface area contributed by atoms with E-state index in [2.05, 4.69) is 20.3 Å². The Morgan fingerprint density at radius 3 is 2.63 bits per heavy atom. The van der Waals surface area contributed by atoms with E-state index in [4.69, 9.17) is 4.74 Å². The molecule has 1 aromatic carbocycles. The zero-order valence-corrected chi connectivity index (χ0v) is 19.7. The van der Waals surface area contributed by atoms with Crippen molar-refractivity contribution >= 4 is 29.3 Å². The lowest BCUT2D eigenvalue weighted by Gasteiger charge is -2.29. The Bertz CT molecular complexity index is 1290. The molecule has 0 bridgehead atoms. The molecule has 2 aromatic heterocycles. The van der Waals surface area contributed by atoms with Gasteiger partial charge in [0.15, 0.2) is 11.9 Å². The molecule has 4 rings (SSSR count). The average molecular weight is 482 g/mol. The van der Waals surface area contributed by atoms with Crippen molar-refractivity contribution in [3.63, 3.8) is 0 Å². The monoisotopic (exact) mass is 481 g/mol. The molecule has 1 aliphatic carbocycles. The summed E-state index contributed by atoms with van der Waals surface area (Å²) in [6.45, 7) is 3.77. The number of nitrogens with zero attached hydrogens (tertiary/aromatic N) is 3. The zero-order valence-electron chi connectivity index (χ0n) is 19.7. The number of pyridine rings is 1. The van der Waals surface area contributed by atoms with E-state index < -0.39 is 11.7 Å². The molecule has 2 heterocycles. The molecule has 3 aromatic rings. The van der Waals surface area contributed by atoms with Gasteiger partial charge in [-0.3, -0.25) is 14.4 Å². The number of halogens is 1. The van der Waals surface area contributed by atoms with E-state index in [9.17, 15) is 18.8 Å². The molecule has 2 N–H and O–H groups in total. The topological polar surface area (TPSA) is 118 Å². The number of carbonyl (C=O) groups is 3. The SMILES string of the molecule is CC(C)NC(=O)C1CCC(n2/c(=N\C(=O)c3ccc(F)cc3)[nH]c3ncc(OCC=O)cc32)CC1. The number of hydrogen-bond donors (Lipinski definition) is 2. The third-order valence-electron chi connectivity index (χ3n) is 6.04. The summed E-state index contributed by atoms with van der Waals surface area (Å²) < 4.78 is 20.6. The Balaban J connectivity index is 1.70. The van der Waals surface area contributed by atoms with Crippen LogP contribution in [0.1, 0.15) is 55.9 Å². The molecular formula is C25H28FN5O4. The first-order valence-electron chi connectivity index (χ1n) is 11.7. The summed E-state index contributed by atoms with van der Waals surface area (Å²) in [4.78, 5) is 47.8. The summed E-state index contributed by atoms with van der Waals surface area (Å²) in [5, 5.41) is 2.98. The van der Waals surface area contributed by atoms with Gasteiger partial charge in [-0.2, -0.15) is 4.99 Å². The van der Waals surface area contributed by atoms with Gasteiger partial charge in [0.25, 0.3) is 5.91 Å². The third-order valence-corrected chi connectivity index (χ3v) is 6.04. The summed E-state index contributed by atoms with van der Waals surface area (Å²) in [6.07, 6.45) is 4.96. The van der Waals surface area contributed by atoms with Gasteiger partial charge in [0.1, 0.15) is 18.2 Å². The Kier molecular flexibility index (Phi) is 7.38. The van der Waals surface area contributed by atoms with E-state index >= 15 is 0 Å². The van der Waals surface area contributed by atoms with Crippen LogP contribution in [0.3, 0.4) is 0 Å². The van der Waals surface area contributed by atoms with Crippen molar-refractivity contribution in [1.82, 2.24) is 19.9 Å². The highest BCUT2D eigenvalue weighted by Gasteiger charge is 2.29. The molecule has 0 spiro atoms. The van der Waals surface area contributed by atoms with Gasteiger partial charge >= 0.3 is 0 Å². The minimum absolute atomic E-state index is 0.0326. The fraction of sp³-hybridized carbons (Fsp3) is 0.400. The summed E-state index contributed by atoms with van der Waals surface area (Å²) >= 11 is 0. The van der Waals surface area contributed by atoms with Crippen LogP contribution in [0.4, 0.5) is 4.39 Å². The second kappa shape index (κ2) is 10.6. The minimum Gasteiger partial charge on any atom is -0.484 e. The van der Waals surface area contributed by atoms with Crippen LogP contribution in [0.5, 0.6) is 5.75 Å². The number of carbonyl (C=O) groups excluding carboxylic acids is 3. The van der Waals surface area contributed by atoms with Crippen LogP contribution in [0.25, 0.3) is 11.2 Å². The predicted molar refractivity (Wildman–Crippen MR) is 126 cm³/mol. The number of rotatable bonds is 7. The zero-order chi connectivity index (χ0) is 24.9. The Labute approximate surface area is 201 Å². The quantitative estimate of drug-likeness (QED) is 0.503. The average Bonchev–Trinajstić information content (AvgIpc) is 3.19. The van der Waals surface area contributed by atoms with Gasteiger partial charge in [0, 0.05) is 29.6 Å². The highest BCUT2D eigenvalue weighted by molar-refractivity contribution is 5.94. The van der Waals surface area contributed by atoms with Crippen LogP contribution >= 0.6 is 0 Å². The van der Waals surface area contributed by atoms with E-state index in [1.807, 2.05) is 18.4 Å². The maximum Gasteiger partial charge on any atom is 0.280 e. The fourth-order valence-electron chi connectivity index (χ4n) is 4.41. The summed E-state index contributed by atoms with van der Waals surface area (Å²) in [5.41, 5.74) is 1.75. The molecule has 1 aliphatic rings. The summed E-state index contributed by atoms with van der Waals surface area (Å²) in [6, 6.07) is 7.00. The van der Waals surface area contributed by atoms with Crippen LogP contribution < -0.4 is 15.7 Å². The lowest BCUT2D eigenvalue weighted by atomic mass is 9.85. The number of amides is 2. The van der Waals surface area contributed by atoms with Gasteiger partial charge in [-0.1, -0.05) is 0 Å². The molecule has 1 fully saturated rings. The molecule has 9 nitrogen and oxygen atoms in total. The smallest absolute Gasteiger partial charge is 0.280 e. The summed E-state index contributed by atoms with van der Waals surface area (Å²) in [7, 11) is 0. The van der Waals surface area contributed by atoms with Gasteiger partial charge in [-0.05, 0) is 63.8 Å². The standard InChI is InChI=1S/C25H28FN5O4/c1-15(2)28-23(33)17-5-9-19(10-6-17)31-21-13-20(35-12-11-32)14-27-22(21)29-25(31)30-24(34)16-3-7-18(26)8-4-16/h3-4,7-8,11,13-15,17,19H,5-6,9-10,12H2,1-2H3,(H,28,33)(H,27,29,30,34). The van der Waals surface area contributed by atoms with E-state index in [1.54, 1.807) is 6.07 Å². The second-order valence-electron chi connectivity index (χ2n) is 8.93. The number of imidazole rings is 1. The molecular weight excluding hydrogens is 453 g/mol. The lowest BCUT2D eigenvalue weighted by molar-refractivity contribution is -0.126. The Morgan fingerprint density at radius 2 is 1.97 bits per heavy atom. The van der Waals surface area contributed by atoms with E-state index in [-0.39, 0.29) is 36.1 Å². The summed E-state index contributed by atoms with van der Waals surface area (Å²) in [5.74, 6) is -0.547. The van der Waals surface area contributed by atoms with Crippen molar-refractivity contribution in [2.24, 2.45) is 10.9 Å². The maximum absolute atomic E-state index is 13.3. The normalized spacial score (nSPS) is 18.6. The number of hydrogen-bond acceptors (Lipinski definition) is 5. The van der Waals surface area contributed by atoms with E-state index in [0.717, 1.165) is 0 Å². The molecule has 1 saturated carbocycles. The Hall–Kier alpha value is -3.82. The number of aromatic nitrogens is 3. The van der Waals surface area contributed by atoms with Crippen molar-refractivity contribution in [3.8, 4) is 5.75 Å². The van der Waals surface area contributed by atoms with Gasteiger partial charge in [-0.15, -0.1) is 0 Å². The first-order chi connectivity index (χ1) is 16.9. The van der Waals surface area contributed by atoms with Crippen molar-refractivity contribution in [1.29, 1.82) is 0 Å². The number of fused-ring (bicyclic) bond motifs is 1. The highest BCUT2D eigenvalue weighted by atomic mass is 19.1. The van der Waals surface area contributed by atoms with Crippen molar-refractivity contribution in [2.75, 3.05) is 6.61 Å². The number of aldehydes is 1. The first kappa shape index (κ1) is 24.3. The fourth-order valence-corrected chi connectivity index (χ4v) is 4.41. The van der Waals surface area contributed by atoms with Gasteiger partial charge in [-0.25, -0.2) is 9.37 Å². The molecule has 0 unspecified atom stereocenters. The predicted octanol–water partition coefficient (Wildman–Crippen LogP) is 3.08. The maximum atomic E-state index is 13.3. The molecule has 35 heavy (non-hydrogen) atoms. The third kappa shape index (κ3) is 5.64. The van der Waals surface area contributed by atoms with Crippen molar-refractivity contribution in [2.45, 2.75) is 51.6 Å². The van der Waals surface area contributed by atoms with Crippen LogP contribution in [-0.2, 0) is 9.59 Å². The lowest BCUT2D eigenvalue weighted by Crippen LogP contribution is -2.38. The first-order valence-corrected chi connectivity index (χ1v) is 11.7. The van der Waals surface area contributed by atoms with E-state index in [0.29, 0.717) is 54.5 Å². The van der Waals surface area contributed by atoms with Crippen LogP contribution in [0.15, 0.2) is 41.5 Å². The largest absolute Gasteiger partial charge is 0.484 e. The molecule has 0 atom stereocenters. The minimum atomic E-state index is -0.521. The van der Waals surface area contributed by atoms with Gasteiger partial charge in [0.2, 0.25) is 11.5 Å². The van der Waals surface area contributed by atoms with E-state index in [1.165, 1.54) is 30.5 Å². The molecule has 10 heteroatoms. The molecule has 2 amide bonds. The van der Waals surface area contributed by atoms with Crippen LogP contribution in [0.2, 0.25) is 0 Å². The molecule has 0 radical (unpaired) electrons. The van der Waals surface area contributed by atoms with Crippen LogP contribution in [-0.4, -0.2) is 45.3 Å². The second-order valence-corrected chi connectivity index (χ2v) is 8.93. The number of H-pyrrole nitrogens is 1. The Morgan fingerprint density at radius 1 is 1.26 bits per heavy atom. The number of aromatic amines is 1. The number of ether oxygens (including phenoxy) is 1. The number of benzene rings is 1. The van der Waals surface area contributed by atoms with Gasteiger partial charge in [0.05, 0.1) is 11.7 Å². The van der Waals surface area contributed by atoms with Crippen molar-refractivity contribution < 1.29 is 23.5 Å².